The molecule has 5 heteroatoms. The Bertz CT molecular complexity index is 731. The molecule has 2 rings (SSSR count). The molecule has 0 bridgehead atoms. The van der Waals surface area contributed by atoms with E-state index in [4.69, 9.17) is 5.26 Å². The summed E-state index contributed by atoms with van der Waals surface area (Å²) in [6.45, 7) is 0. The molecule has 0 aliphatic carbocycles. The number of carbonyl (C=O) groups excluding carboxylic acids is 1. The van der Waals surface area contributed by atoms with Gasteiger partial charge >= 0.3 is 0 Å². The van der Waals surface area contributed by atoms with Crippen molar-refractivity contribution in [3.05, 3.63) is 63.2 Å². The number of halogens is 1. The Morgan fingerprint density at radius 1 is 1.19 bits per heavy atom. The van der Waals surface area contributed by atoms with Crippen molar-refractivity contribution in [2.75, 3.05) is 5.32 Å². The molecule has 0 saturated carbocycles. The lowest BCUT2D eigenvalue weighted by Gasteiger charge is -2.06. The fourth-order valence-electron chi connectivity index (χ4n) is 1.64. The molecule has 0 unspecified atom stereocenters. The average molecular weight is 390 g/mol. The highest BCUT2D eigenvalue weighted by Crippen LogP contribution is 2.18. The van der Waals surface area contributed by atoms with E-state index in [-0.39, 0.29) is 11.3 Å². The van der Waals surface area contributed by atoms with Crippen LogP contribution in [0.4, 0.5) is 5.69 Å². The molecule has 0 atom stereocenters. The maximum absolute atomic E-state index is 12.1. The van der Waals surface area contributed by atoms with Gasteiger partial charge in [-0.2, -0.15) is 5.26 Å². The summed E-state index contributed by atoms with van der Waals surface area (Å²) in [6, 6.07) is 15.5. The smallest absolute Gasteiger partial charge is 0.266 e. The van der Waals surface area contributed by atoms with E-state index in [2.05, 4.69) is 27.9 Å². The first-order valence-electron chi connectivity index (χ1n) is 6.07. The molecule has 2 aromatic carbocycles. The van der Waals surface area contributed by atoms with Crippen molar-refractivity contribution in [2.24, 2.45) is 0 Å². The minimum atomic E-state index is -0.463. The van der Waals surface area contributed by atoms with Gasteiger partial charge in [-0.25, -0.2) is 0 Å². The number of nitrogens with zero attached hydrogens (tertiary/aromatic N) is 1. The second-order valence-corrected chi connectivity index (χ2v) is 5.36. The third kappa shape index (κ3) is 4.07. The van der Waals surface area contributed by atoms with E-state index in [1.165, 1.54) is 18.2 Å². The summed E-state index contributed by atoms with van der Waals surface area (Å²) in [6.07, 6.45) is 1.48. The number of nitrogens with one attached hydrogen (secondary N) is 1. The molecule has 0 aliphatic rings. The largest absolute Gasteiger partial charge is 0.508 e. The molecule has 104 valence electrons. The fraction of sp³-hybridized carbons (Fsp3) is 0. The summed E-state index contributed by atoms with van der Waals surface area (Å²) >= 11 is 2.11. The minimum Gasteiger partial charge on any atom is -0.508 e. The van der Waals surface area contributed by atoms with E-state index in [0.29, 0.717) is 11.3 Å². The first kappa shape index (κ1) is 15.1. The number of carbonyl (C=O) groups is 1. The van der Waals surface area contributed by atoms with E-state index in [1.54, 1.807) is 18.2 Å². The SMILES string of the molecule is N#C/C(=C/c1ccc(O)cc1)C(=O)Nc1ccccc1I. The number of aromatic hydroxyl groups is 1. The van der Waals surface area contributed by atoms with Crippen molar-refractivity contribution in [3.63, 3.8) is 0 Å². The predicted molar refractivity (Wildman–Crippen MR) is 89.5 cm³/mol. The zero-order valence-electron chi connectivity index (χ0n) is 10.9. The standard InChI is InChI=1S/C16H11IN2O2/c17-14-3-1-2-4-15(14)19-16(21)12(10-18)9-11-5-7-13(20)8-6-11/h1-9,20H,(H,19,21)/b12-9-. The molecule has 0 radical (unpaired) electrons. The van der Waals surface area contributed by atoms with Gasteiger partial charge in [0.15, 0.2) is 0 Å². The molecule has 0 aromatic heterocycles. The Morgan fingerprint density at radius 2 is 1.86 bits per heavy atom. The first-order valence-corrected chi connectivity index (χ1v) is 7.15. The van der Waals surface area contributed by atoms with Crippen LogP contribution in [0.1, 0.15) is 5.56 Å². The van der Waals surface area contributed by atoms with Crippen LogP contribution in [-0.4, -0.2) is 11.0 Å². The van der Waals surface area contributed by atoms with Gasteiger partial charge in [0.05, 0.1) is 5.69 Å². The molecule has 0 heterocycles. The van der Waals surface area contributed by atoms with Gasteiger partial charge in [0.2, 0.25) is 0 Å². The summed E-state index contributed by atoms with van der Waals surface area (Å²) in [5, 5.41) is 21.1. The number of anilines is 1. The molecule has 0 aliphatic heterocycles. The topological polar surface area (TPSA) is 73.1 Å². The lowest BCUT2D eigenvalue weighted by molar-refractivity contribution is -0.112. The number of para-hydroxylation sites is 1. The van der Waals surface area contributed by atoms with Gasteiger partial charge in [-0.05, 0) is 58.5 Å². The zero-order valence-corrected chi connectivity index (χ0v) is 13.0. The van der Waals surface area contributed by atoms with Gasteiger partial charge in [0.25, 0.3) is 5.91 Å². The third-order valence-electron chi connectivity index (χ3n) is 2.69. The lowest BCUT2D eigenvalue weighted by atomic mass is 10.1. The maximum atomic E-state index is 12.1. The maximum Gasteiger partial charge on any atom is 0.266 e. The zero-order chi connectivity index (χ0) is 15.2. The number of hydrogen-bond donors (Lipinski definition) is 2. The summed E-state index contributed by atoms with van der Waals surface area (Å²) < 4.78 is 0.894. The highest BCUT2D eigenvalue weighted by Gasteiger charge is 2.10. The number of hydrogen-bond acceptors (Lipinski definition) is 3. The van der Waals surface area contributed by atoms with E-state index in [1.807, 2.05) is 24.3 Å². The number of phenolic OH excluding ortho intramolecular Hbond substituents is 1. The monoisotopic (exact) mass is 390 g/mol. The normalized spacial score (nSPS) is 10.8. The number of phenols is 1. The van der Waals surface area contributed by atoms with Gasteiger partial charge in [-0.3, -0.25) is 4.79 Å². The minimum absolute atomic E-state index is 0.000317. The van der Waals surface area contributed by atoms with Crippen LogP contribution in [0.5, 0.6) is 5.75 Å². The highest BCUT2D eigenvalue weighted by molar-refractivity contribution is 14.1. The molecule has 0 spiro atoms. The summed E-state index contributed by atoms with van der Waals surface area (Å²) in [4.78, 5) is 12.1. The number of amides is 1. The van der Waals surface area contributed by atoms with E-state index < -0.39 is 5.91 Å². The van der Waals surface area contributed by atoms with Crippen molar-refractivity contribution in [2.45, 2.75) is 0 Å². The van der Waals surface area contributed by atoms with Crippen LogP contribution in [0, 0.1) is 14.9 Å². The molecule has 4 nitrogen and oxygen atoms in total. The molecular weight excluding hydrogens is 379 g/mol. The highest BCUT2D eigenvalue weighted by atomic mass is 127. The number of nitriles is 1. The average Bonchev–Trinajstić information content (AvgIpc) is 2.49. The Balaban J connectivity index is 2.21. The fourth-order valence-corrected chi connectivity index (χ4v) is 2.16. The van der Waals surface area contributed by atoms with Crippen molar-refractivity contribution in [1.29, 1.82) is 5.26 Å². The second kappa shape index (κ2) is 6.90. The molecule has 1 amide bonds. The number of rotatable bonds is 3. The third-order valence-corrected chi connectivity index (χ3v) is 3.63. The summed E-state index contributed by atoms with van der Waals surface area (Å²) in [5.74, 6) is -0.330. The van der Waals surface area contributed by atoms with Crippen LogP contribution in [0.2, 0.25) is 0 Å². The van der Waals surface area contributed by atoms with Crippen LogP contribution in [0.3, 0.4) is 0 Å². The van der Waals surface area contributed by atoms with Crippen LogP contribution < -0.4 is 5.32 Å². The Kier molecular flexibility index (Phi) is 4.95. The van der Waals surface area contributed by atoms with Gasteiger partial charge in [-0.1, -0.05) is 24.3 Å². The molecule has 0 saturated heterocycles. The molecule has 0 fully saturated rings. The van der Waals surface area contributed by atoms with Crippen molar-refractivity contribution in [1.82, 2.24) is 0 Å². The van der Waals surface area contributed by atoms with Crippen molar-refractivity contribution in [3.8, 4) is 11.8 Å². The van der Waals surface area contributed by atoms with Gasteiger partial charge in [0.1, 0.15) is 17.4 Å². The summed E-state index contributed by atoms with van der Waals surface area (Å²) in [7, 11) is 0. The van der Waals surface area contributed by atoms with Crippen LogP contribution in [0.25, 0.3) is 6.08 Å². The van der Waals surface area contributed by atoms with E-state index in [0.717, 1.165) is 3.57 Å². The Hall–Kier alpha value is -2.33. The first-order chi connectivity index (χ1) is 10.1. The van der Waals surface area contributed by atoms with Crippen molar-refractivity contribution >= 4 is 40.3 Å². The second-order valence-electron chi connectivity index (χ2n) is 4.20. The van der Waals surface area contributed by atoms with Gasteiger partial charge in [-0.15, -0.1) is 0 Å². The van der Waals surface area contributed by atoms with Crippen LogP contribution >= 0.6 is 22.6 Å². The quantitative estimate of drug-likeness (QED) is 0.479. The Labute approximate surface area is 135 Å². The summed E-state index contributed by atoms with van der Waals surface area (Å²) in [5.41, 5.74) is 1.33. The van der Waals surface area contributed by atoms with Gasteiger partial charge < -0.3 is 10.4 Å². The lowest BCUT2D eigenvalue weighted by Crippen LogP contribution is -2.14. The van der Waals surface area contributed by atoms with Crippen molar-refractivity contribution < 1.29 is 9.90 Å². The van der Waals surface area contributed by atoms with E-state index >= 15 is 0 Å². The number of benzene rings is 2. The Morgan fingerprint density at radius 3 is 2.48 bits per heavy atom. The molecule has 21 heavy (non-hydrogen) atoms. The predicted octanol–water partition coefficient (Wildman–Crippen LogP) is 3.54. The molecule has 2 N–H and O–H groups in total. The van der Waals surface area contributed by atoms with Gasteiger partial charge in [0, 0.05) is 3.57 Å². The van der Waals surface area contributed by atoms with Crippen LogP contribution in [-0.2, 0) is 4.79 Å². The molecule has 2 aromatic rings. The van der Waals surface area contributed by atoms with Crippen LogP contribution in [0.15, 0.2) is 54.1 Å². The molecular formula is C16H11IN2O2. The van der Waals surface area contributed by atoms with E-state index in [9.17, 15) is 9.90 Å².